The molecule has 9 heavy (non-hydrogen) atoms. The van der Waals surface area contributed by atoms with Crippen LogP contribution in [0.15, 0.2) is 0 Å². The number of halogens is 3. The molecule has 1 aromatic rings. The van der Waals surface area contributed by atoms with Crippen LogP contribution in [0.3, 0.4) is 0 Å². The first kappa shape index (κ1) is 9.28. The molecule has 0 saturated carbocycles. The Labute approximate surface area is 101 Å². The zero-order valence-corrected chi connectivity index (χ0v) is 12.7. The summed E-state index contributed by atoms with van der Waals surface area (Å²) in [5, 5.41) is 0. The molecular formula is C5H3I3Se. The molecule has 0 spiro atoms. The summed E-state index contributed by atoms with van der Waals surface area (Å²) in [7, 11) is 0. The molecule has 1 heterocycles. The maximum absolute atomic E-state index is 2.44. The molecule has 0 saturated heterocycles. The maximum atomic E-state index is 2.44. The molecule has 0 unspecified atom stereocenters. The summed E-state index contributed by atoms with van der Waals surface area (Å²) in [4.78, 5) is 0. The minimum atomic E-state index is 0.660. The second-order valence-corrected chi connectivity index (χ2v) is 9.01. The van der Waals surface area contributed by atoms with Gasteiger partial charge in [0, 0.05) is 0 Å². The van der Waals surface area contributed by atoms with Gasteiger partial charge in [-0.05, 0) is 0 Å². The fourth-order valence-corrected chi connectivity index (χ4v) is 6.98. The van der Waals surface area contributed by atoms with Gasteiger partial charge in [0.2, 0.25) is 0 Å². The molecule has 0 fully saturated rings. The molecule has 0 radical (unpaired) electrons. The van der Waals surface area contributed by atoms with E-state index in [1.54, 1.807) is 6.88 Å². The van der Waals surface area contributed by atoms with E-state index in [1.165, 1.54) is 7.14 Å². The van der Waals surface area contributed by atoms with Gasteiger partial charge in [-0.15, -0.1) is 0 Å². The van der Waals surface area contributed by atoms with E-state index in [1.807, 2.05) is 0 Å². The predicted molar refractivity (Wildman–Crippen MR) is 66.3 cm³/mol. The molecule has 0 aliphatic carbocycles. The van der Waals surface area contributed by atoms with Crippen molar-refractivity contribution in [3.8, 4) is 0 Å². The van der Waals surface area contributed by atoms with E-state index in [2.05, 4.69) is 74.7 Å². The second kappa shape index (κ2) is 3.73. The van der Waals surface area contributed by atoms with Crippen molar-refractivity contribution in [3.63, 3.8) is 0 Å². The topological polar surface area (TPSA) is 0 Å². The summed E-state index contributed by atoms with van der Waals surface area (Å²) in [6, 6.07) is 0. The van der Waals surface area contributed by atoms with Crippen LogP contribution in [-0.4, -0.2) is 14.5 Å². The Balaban J connectivity index is 3.29. The van der Waals surface area contributed by atoms with Crippen molar-refractivity contribution in [2.75, 3.05) is 0 Å². The van der Waals surface area contributed by atoms with Crippen LogP contribution in [0.4, 0.5) is 0 Å². The quantitative estimate of drug-likeness (QED) is 0.363. The van der Waals surface area contributed by atoms with Crippen LogP contribution in [0, 0.1) is 16.5 Å². The van der Waals surface area contributed by atoms with E-state index in [0.717, 1.165) is 0 Å². The first-order valence-electron chi connectivity index (χ1n) is 2.23. The molecule has 50 valence electrons. The molecule has 0 aliphatic rings. The van der Waals surface area contributed by atoms with Crippen molar-refractivity contribution < 1.29 is 0 Å². The Morgan fingerprint density at radius 3 is 1.78 bits per heavy atom. The van der Waals surface area contributed by atoms with Crippen molar-refractivity contribution >= 4 is 82.3 Å². The number of aryl methyl sites for hydroxylation is 1. The van der Waals surface area contributed by atoms with E-state index in [4.69, 9.17) is 0 Å². The summed E-state index contributed by atoms with van der Waals surface area (Å²) in [6.45, 7) is 2.23. The van der Waals surface area contributed by atoms with Crippen molar-refractivity contribution in [3.05, 3.63) is 14.0 Å². The van der Waals surface area contributed by atoms with Gasteiger partial charge >= 0.3 is 103 Å². The third-order valence-corrected chi connectivity index (χ3v) is 10.6. The Hall–Kier alpha value is 2.19. The van der Waals surface area contributed by atoms with Crippen molar-refractivity contribution in [1.82, 2.24) is 0 Å². The van der Waals surface area contributed by atoms with Crippen LogP contribution < -0.4 is 0 Å². The zero-order valence-electron chi connectivity index (χ0n) is 4.54. The van der Waals surface area contributed by atoms with Gasteiger partial charge in [0.25, 0.3) is 0 Å². The van der Waals surface area contributed by atoms with Crippen LogP contribution in [0.5, 0.6) is 0 Å². The van der Waals surface area contributed by atoms with Gasteiger partial charge in [-0.3, -0.25) is 0 Å². The Kier molecular flexibility index (Phi) is 3.85. The van der Waals surface area contributed by atoms with Crippen molar-refractivity contribution in [2.24, 2.45) is 0 Å². The van der Waals surface area contributed by atoms with Crippen LogP contribution in [0.1, 0.15) is 4.44 Å². The number of hydrogen-bond acceptors (Lipinski definition) is 0. The second-order valence-electron chi connectivity index (χ2n) is 1.56. The molecule has 0 atom stereocenters. The molecule has 1 aromatic heterocycles. The first-order chi connectivity index (χ1) is 4.13. The summed E-state index contributed by atoms with van der Waals surface area (Å²) >= 11 is 7.95. The zero-order chi connectivity index (χ0) is 7.02. The van der Waals surface area contributed by atoms with Crippen molar-refractivity contribution in [1.29, 1.82) is 0 Å². The first-order valence-corrected chi connectivity index (χ1v) is 7.17. The van der Waals surface area contributed by atoms with Gasteiger partial charge < -0.3 is 0 Å². The molecule has 4 heteroatoms. The summed E-state index contributed by atoms with van der Waals surface area (Å²) in [6.07, 6.45) is 0. The fourth-order valence-electron chi connectivity index (χ4n) is 0.465. The molecule has 1 rings (SSSR count). The Morgan fingerprint density at radius 2 is 1.67 bits per heavy atom. The van der Waals surface area contributed by atoms with E-state index >= 15 is 0 Å². The van der Waals surface area contributed by atoms with Gasteiger partial charge in [0.1, 0.15) is 0 Å². The van der Waals surface area contributed by atoms with Crippen LogP contribution >= 0.6 is 67.8 Å². The van der Waals surface area contributed by atoms with Crippen LogP contribution in [-0.2, 0) is 0 Å². The molecule has 0 nitrogen and oxygen atoms in total. The third-order valence-electron chi connectivity index (χ3n) is 0.917. The molecule has 0 amide bonds. The molecule has 0 bridgehead atoms. The van der Waals surface area contributed by atoms with E-state index in [9.17, 15) is 0 Å². The average Bonchev–Trinajstić information content (AvgIpc) is 1.98. The van der Waals surface area contributed by atoms with Crippen molar-refractivity contribution in [2.45, 2.75) is 6.92 Å². The van der Waals surface area contributed by atoms with Crippen LogP contribution in [0.25, 0.3) is 0 Å². The summed E-state index contributed by atoms with van der Waals surface area (Å²) < 4.78 is 6.10. The minimum absolute atomic E-state index is 0.660. The number of rotatable bonds is 0. The van der Waals surface area contributed by atoms with E-state index in [-0.39, 0.29) is 0 Å². The third kappa shape index (κ3) is 2.07. The molecule has 0 N–H and O–H groups in total. The van der Waals surface area contributed by atoms with Gasteiger partial charge in [-0.2, -0.15) is 0 Å². The standard InChI is InChI=1S/C5H3I3Se/c1-2-3(6)4(7)5(8)9-2/h1H3. The Morgan fingerprint density at radius 1 is 1.11 bits per heavy atom. The van der Waals surface area contributed by atoms with Gasteiger partial charge in [-0.25, -0.2) is 0 Å². The normalized spacial score (nSPS) is 10.2. The summed E-state index contributed by atoms with van der Waals surface area (Å²) in [5.41, 5.74) is 0. The predicted octanol–water partition coefficient (Wildman–Crippen LogP) is 2.87. The SMILES string of the molecule is Cc1[se]c(I)c(I)c1I. The molecule has 0 aromatic carbocycles. The molecular weight excluding hydrogens is 520 g/mol. The molecule has 0 aliphatic heterocycles. The Bertz CT molecular complexity index is 206. The monoisotopic (exact) mass is 524 g/mol. The fraction of sp³-hybridized carbons (Fsp3) is 0.200. The van der Waals surface area contributed by atoms with Gasteiger partial charge in [-0.1, -0.05) is 0 Å². The van der Waals surface area contributed by atoms with E-state index < -0.39 is 0 Å². The van der Waals surface area contributed by atoms with Gasteiger partial charge in [0.05, 0.1) is 0 Å². The summed E-state index contributed by atoms with van der Waals surface area (Å²) in [5.74, 6) is 0. The average molecular weight is 523 g/mol. The number of hydrogen-bond donors (Lipinski definition) is 0. The van der Waals surface area contributed by atoms with Gasteiger partial charge in [0.15, 0.2) is 0 Å². The van der Waals surface area contributed by atoms with E-state index in [0.29, 0.717) is 14.5 Å². The van der Waals surface area contributed by atoms with Crippen LogP contribution in [0.2, 0.25) is 0 Å².